The average molecular weight is 300 g/mol. The Bertz CT molecular complexity index is 596. The quantitative estimate of drug-likeness (QED) is 0.721. The summed E-state index contributed by atoms with van der Waals surface area (Å²) in [5.41, 5.74) is 1.89. The molecule has 0 radical (unpaired) electrons. The van der Waals surface area contributed by atoms with Gasteiger partial charge in [0.15, 0.2) is 0 Å². The highest BCUT2D eigenvalue weighted by atomic mass is 16.2. The van der Waals surface area contributed by atoms with Crippen molar-refractivity contribution in [3.63, 3.8) is 0 Å². The highest BCUT2D eigenvalue weighted by Gasteiger charge is 2.16. The first-order valence-electron chi connectivity index (χ1n) is 7.21. The van der Waals surface area contributed by atoms with Gasteiger partial charge in [0, 0.05) is 31.8 Å². The zero-order valence-corrected chi connectivity index (χ0v) is 12.5. The molecule has 22 heavy (non-hydrogen) atoms. The zero-order chi connectivity index (χ0) is 15.8. The van der Waals surface area contributed by atoms with Gasteiger partial charge in [-0.1, -0.05) is 30.3 Å². The summed E-state index contributed by atoms with van der Waals surface area (Å²) < 4.78 is 0. The number of benzene rings is 1. The van der Waals surface area contributed by atoms with Crippen LogP contribution in [0.4, 0.5) is 0 Å². The lowest BCUT2D eigenvalue weighted by atomic mass is 10.0. The molecule has 1 unspecified atom stereocenters. The predicted octanol–water partition coefficient (Wildman–Crippen LogP) is 1.34. The highest BCUT2D eigenvalue weighted by Crippen LogP contribution is 2.16. The van der Waals surface area contributed by atoms with Gasteiger partial charge in [-0.15, -0.1) is 0 Å². The molecule has 1 aromatic carbocycles. The number of H-pyrrole nitrogens is 1. The molecule has 1 aromatic heterocycles. The fraction of sp³-hybridized carbons (Fsp3) is 0.312. The topological polar surface area (TPSA) is 86.9 Å². The number of aromatic nitrogens is 2. The van der Waals surface area contributed by atoms with Crippen molar-refractivity contribution in [2.75, 3.05) is 6.54 Å². The molecular formula is C16H20N4O2. The third-order valence-corrected chi connectivity index (χ3v) is 3.24. The van der Waals surface area contributed by atoms with Crippen LogP contribution in [0.3, 0.4) is 0 Å². The Labute approximate surface area is 129 Å². The Hall–Kier alpha value is -2.63. The number of nitrogens with one attached hydrogen (secondary N) is 3. The van der Waals surface area contributed by atoms with Gasteiger partial charge >= 0.3 is 0 Å². The number of imidazole rings is 1. The fourth-order valence-corrected chi connectivity index (χ4v) is 2.20. The van der Waals surface area contributed by atoms with Crippen LogP contribution in [0.25, 0.3) is 0 Å². The first kappa shape index (κ1) is 15.8. The molecule has 0 bridgehead atoms. The van der Waals surface area contributed by atoms with Gasteiger partial charge in [0.1, 0.15) is 0 Å². The van der Waals surface area contributed by atoms with Crippen LogP contribution in [0.2, 0.25) is 0 Å². The van der Waals surface area contributed by atoms with E-state index in [0.29, 0.717) is 13.0 Å². The van der Waals surface area contributed by atoms with Crippen molar-refractivity contribution in [1.29, 1.82) is 0 Å². The van der Waals surface area contributed by atoms with Gasteiger partial charge in [-0.05, 0) is 5.56 Å². The van der Waals surface area contributed by atoms with Gasteiger partial charge in [0.05, 0.1) is 18.8 Å². The van der Waals surface area contributed by atoms with Crippen molar-refractivity contribution in [2.45, 2.75) is 25.8 Å². The van der Waals surface area contributed by atoms with E-state index in [1.165, 1.54) is 6.92 Å². The van der Waals surface area contributed by atoms with E-state index in [1.807, 2.05) is 30.3 Å². The standard InChI is InChI=1S/C16H20N4O2/c1-12(21)20-15(13-5-3-2-4-6-13)9-16(22)18-8-7-14-10-17-11-19-14/h2-6,10-11,15H,7-9H2,1H3,(H,17,19)(H,18,22)(H,20,21). The van der Waals surface area contributed by atoms with Gasteiger partial charge in [-0.2, -0.15) is 0 Å². The van der Waals surface area contributed by atoms with Gasteiger partial charge in [0.25, 0.3) is 0 Å². The monoisotopic (exact) mass is 300 g/mol. The van der Waals surface area contributed by atoms with Crippen LogP contribution >= 0.6 is 0 Å². The van der Waals surface area contributed by atoms with E-state index in [-0.39, 0.29) is 24.3 Å². The SMILES string of the molecule is CC(=O)NC(CC(=O)NCCc1cnc[nH]1)c1ccccc1. The van der Waals surface area contributed by atoms with Crippen molar-refractivity contribution < 1.29 is 9.59 Å². The predicted molar refractivity (Wildman–Crippen MR) is 82.9 cm³/mol. The van der Waals surface area contributed by atoms with E-state index < -0.39 is 0 Å². The molecule has 1 atom stereocenters. The summed E-state index contributed by atoms with van der Waals surface area (Å²) in [5, 5.41) is 5.67. The average Bonchev–Trinajstić information content (AvgIpc) is 3.00. The number of amides is 2. The zero-order valence-electron chi connectivity index (χ0n) is 12.5. The number of carbonyl (C=O) groups is 2. The summed E-state index contributed by atoms with van der Waals surface area (Å²) in [6.07, 6.45) is 4.25. The van der Waals surface area contributed by atoms with Crippen LogP contribution in [-0.4, -0.2) is 28.3 Å². The van der Waals surface area contributed by atoms with Gasteiger partial charge in [-0.3, -0.25) is 9.59 Å². The van der Waals surface area contributed by atoms with Crippen molar-refractivity contribution >= 4 is 11.8 Å². The van der Waals surface area contributed by atoms with Gasteiger partial charge in [0.2, 0.25) is 11.8 Å². The first-order chi connectivity index (χ1) is 10.6. The van der Waals surface area contributed by atoms with E-state index in [0.717, 1.165) is 11.3 Å². The van der Waals surface area contributed by atoms with Crippen molar-refractivity contribution in [3.8, 4) is 0 Å². The molecule has 2 rings (SSSR count). The molecule has 6 heteroatoms. The third kappa shape index (κ3) is 5.05. The molecule has 0 aliphatic carbocycles. The van der Waals surface area contributed by atoms with Crippen molar-refractivity contribution in [1.82, 2.24) is 20.6 Å². The molecule has 0 aliphatic rings. The molecule has 3 N–H and O–H groups in total. The van der Waals surface area contributed by atoms with E-state index in [1.54, 1.807) is 12.5 Å². The molecule has 0 saturated heterocycles. The molecule has 2 aromatic rings. The molecule has 0 fully saturated rings. The number of nitrogens with zero attached hydrogens (tertiary/aromatic N) is 1. The number of carbonyl (C=O) groups excluding carboxylic acids is 2. The fourth-order valence-electron chi connectivity index (χ4n) is 2.20. The number of aromatic amines is 1. The molecule has 0 saturated carbocycles. The number of hydrogen-bond acceptors (Lipinski definition) is 3. The summed E-state index contributed by atoms with van der Waals surface area (Å²) in [4.78, 5) is 30.3. The van der Waals surface area contributed by atoms with Crippen LogP contribution in [0.5, 0.6) is 0 Å². The minimum atomic E-state index is -0.314. The van der Waals surface area contributed by atoms with Crippen LogP contribution < -0.4 is 10.6 Å². The summed E-state index contributed by atoms with van der Waals surface area (Å²) in [6, 6.07) is 9.17. The van der Waals surface area contributed by atoms with Crippen LogP contribution in [-0.2, 0) is 16.0 Å². The smallest absolute Gasteiger partial charge is 0.222 e. The normalized spacial score (nSPS) is 11.7. The third-order valence-electron chi connectivity index (χ3n) is 3.24. The molecule has 0 aliphatic heterocycles. The maximum atomic E-state index is 12.0. The maximum Gasteiger partial charge on any atom is 0.222 e. The minimum absolute atomic E-state index is 0.0953. The highest BCUT2D eigenvalue weighted by molar-refractivity contribution is 5.79. The summed E-state index contributed by atoms with van der Waals surface area (Å²) in [5.74, 6) is -0.249. The lowest BCUT2D eigenvalue weighted by molar-refractivity contribution is -0.122. The van der Waals surface area contributed by atoms with E-state index in [4.69, 9.17) is 0 Å². The van der Waals surface area contributed by atoms with Gasteiger partial charge < -0.3 is 15.6 Å². The Morgan fingerprint density at radius 3 is 2.68 bits per heavy atom. The van der Waals surface area contributed by atoms with Crippen molar-refractivity contribution in [3.05, 3.63) is 54.1 Å². The van der Waals surface area contributed by atoms with E-state index in [2.05, 4.69) is 20.6 Å². The Balaban J connectivity index is 1.86. The number of hydrogen-bond donors (Lipinski definition) is 3. The summed E-state index contributed by atoms with van der Waals surface area (Å²) in [7, 11) is 0. The second-order valence-corrected chi connectivity index (χ2v) is 5.04. The van der Waals surface area contributed by atoms with Crippen LogP contribution in [0, 0.1) is 0 Å². The lowest BCUT2D eigenvalue weighted by Gasteiger charge is -2.18. The maximum absolute atomic E-state index is 12.0. The molecule has 2 amide bonds. The second-order valence-electron chi connectivity index (χ2n) is 5.04. The van der Waals surface area contributed by atoms with Crippen LogP contribution in [0.1, 0.15) is 30.6 Å². The molecule has 0 spiro atoms. The molecule has 116 valence electrons. The van der Waals surface area contributed by atoms with E-state index >= 15 is 0 Å². The first-order valence-corrected chi connectivity index (χ1v) is 7.21. The minimum Gasteiger partial charge on any atom is -0.356 e. The molecule has 1 heterocycles. The molecular weight excluding hydrogens is 280 g/mol. The van der Waals surface area contributed by atoms with Crippen molar-refractivity contribution in [2.24, 2.45) is 0 Å². The Kier molecular flexibility index (Phi) is 5.71. The van der Waals surface area contributed by atoms with E-state index in [9.17, 15) is 9.59 Å². The Morgan fingerprint density at radius 2 is 2.05 bits per heavy atom. The second kappa shape index (κ2) is 7.97. The van der Waals surface area contributed by atoms with Crippen LogP contribution in [0.15, 0.2) is 42.9 Å². The molecule has 6 nitrogen and oxygen atoms in total. The largest absolute Gasteiger partial charge is 0.356 e. The number of rotatable bonds is 7. The summed E-state index contributed by atoms with van der Waals surface area (Å²) in [6.45, 7) is 1.98. The van der Waals surface area contributed by atoms with Gasteiger partial charge in [-0.25, -0.2) is 4.98 Å². The lowest BCUT2D eigenvalue weighted by Crippen LogP contribution is -2.33. The summed E-state index contributed by atoms with van der Waals surface area (Å²) >= 11 is 0. The Morgan fingerprint density at radius 1 is 1.27 bits per heavy atom.